The minimum absolute atomic E-state index is 0.0873. The fourth-order valence-corrected chi connectivity index (χ4v) is 10.1. The van der Waals surface area contributed by atoms with Gasteiger partial charge < -0.3 is 25.1 Å². The number of rotatable bonds is 8. The standard InChI is InChI=1S/C19H15NO.C14H14N2O.C14H10N2O.C12H9NO.C5H3Br2N/c1-2-5-14(6-3-1)13-21-16-8-9-17-15(11-16)12-19-18(17)7-4-10-20-19;2*15-5-7-17-11-3-4-12-10(8-11)9-14-13(12)2-1-6-16-14;14-9-3-4-10-8(6-9)7-12-11(10)2-1-5-13-12;6-4-2-1-3-8-5(4)7/h1-11H,12-13H2;1-4,6,8H,5,7,9,15H2;1-4,6,8H,7,9H2;1-6,14H,7H2;1-3H. The Hall–Kier alpha value is -8.54. The molecule has 0 saturated carbocycles. The molecule has 0 fully saturated rings. The maximum Gasteiger partial charge on any atom is 0.174 e. The molecule has 0 saturated heterocycles. The third-order valence-corrected chi connectivity index (χ3v) is 14.9. The number of nitriles is 1. The van der Waals surface area contributed by atoms with Crippen LogP contribution in [0.4, 0.5) is 0 Å². The molecular formula is C64H51Br2N7O4. The molecule has 5 aromatic carbocycles. The SMILES string of the molecule is Brc1cccnc1Br.N#CCOc1ccc2c(c1)Cc1ncccc1-2.NCCOc1ccc2c(c1)Cc1ncccc1-2.Oc1ccc2c(c1)Cc1ncccc1-2.c1ccc(COc2ccc3c(c2)Cc2ncccc2-3)cc1. The molecule has 5 heterocycles. The number of aromatic hydroxyl groups is 1. The van der Waals surface area contributed by atoms with Crippen molar-refractivity contribution in [2.75, 3.05) is 19.8 Å². The molecule has 11 nitrogen and oxygen atoms in total. The van der Waals surface area contributed by atoms with Crippen molar-refractivity contribution in [3.63, 3.8) is 0 Å². The number of hydrogen-bond acceptors (Lipinski definition) is 11. The predicted molar refractivity (Wildman–Crippen MR) is 308 cm³/mol. The Bertz CT molecular complexity index is 3720. The summed E-state index contributed by atoms with van der Waals surface area (Å²) < 4.78 is 18.6. The third kappa shape index (κ3) is 12.6. The number of pyridine rings is 5. The zero-order chi connectivity index (χ0) is 52.9. The molecule has 3 N–H and O–H groups in total. The predicted octanol–water partition coefficient (Wildman–Crippen LogP) is 13.7. The second-order valence-corrected chi connectivity index (χ2v) is 19.7. The van der Waals surface area contributed by atoms with Gasteiger partial charge in [0.25, 0.3) is 0 Å². The van der Waals surface area contributed by atoms with E-state index in [1.807, 2.05) is 128 Å². The van der Waals surface area contributed by atoms with Gasteiger partial charge in [-0.1, -0.05) is 78.9 Å². The number of benzene rings is 5. The smallest absolute Gasteiger partial charge is 0.174 e. The monoisotopic (exact) mass is 1140 g/mol. The number of nitrogens with zero attached hydrogens (tertiary/aromatic N) is 6. The quantitative estimate of drug-likeness (QED) is 0.139. The Morgan fingerprint density at radius 2 is 0.870 bits per heavy atom. The number of hydrogen-bond donors (Lipinski definition) is 2. The largest absolute Gasteiger partial charge is 0.508 e. The van der Waals surface area contributed by atoms with Crippen LogP contribution in [0.25, 0.3) is 44.5 Å². The molecule has 0 spiro atoms. The van der Waals surface area contributed by atoms with Crippen molar-refractivity contribution in [3.05, 3.63) is 254 Å². The van der Waals surface area contributed by atoms with Crippen molar-refractivity contribution in [3.8, 4) is 73.6 Å². The highest BCUT2D eigenvalue weighted by Gasteiger charge is 2.22. The molecule has 0 radical (unpaired) electrons. The first-order valence-corrected chi connectivity index (χ1v) is 26.6. The molecule has 0 unspecified atom stereocenters. The molecule has 0 atom stereocenters. The van der Waals surface area contributed by atoms with Crippen LogP contribution in [0, 0.1) is 11.3 Å². The molecule has 0 amide bonds. The van der Waals surface area contributed by atoms with Gasteiger partial charge in [0.15, 0.2) is 6.61 Å². The molecule has 5 aromatic heterocycles. The van der Waals surface area contributed by atoms with E-state index in [0.717, 1.165) is 74.8 Å². The third-order valence-electron chi connectivity index (χ3n) is 13.1. The van der Waals surface area contributed by atoms with Crippen LogP contribution in [0.3, 0.4) is 0 Å². The van der Waals surface area contributed by atoms with Gasteiger partial charge in [0.2, 0.25) is 0 Å². The highest BCUT2D eigenvalue weighted by molar-refractivity contribution is 9.13. The van der Waals surface area contributed by atoms with E-state index in [0.29, 0.717) is 25.5 Å². The first kappa shape index (κ1) is 51.9. The van der Waals surface area contributed by atoms with E-state index in [1.165, 1.54) is 72.3 Å². The van der Waals surface area contributed by atoms with Gasteiger partial charge >= 0.3 is 0 Å². The van der Waals surface area contributed by atoms with E-state index in [2.05, 4.69) is 117 Å². The molecular weight excluding hydrogens is 1090 g/mol. The van der Waals surface area contributed by atoms with Crippen molar-refractivity contribution < 1.29 is 19.3 Å². The lowest BCUT2D eigenvalue weighted by atomic mass is 10.1. The van der Waals surface area contributed by atoms with Gasteiger partial charge in [-0.3, -0.25) is 19.9 Å². The van der Waals surface area contributed by atoms with Gasteiger partial charge in [-0.2, -0.15) is 5.26 Å². The van der Waals surface area contributed by atoms with E-state index in [1.54, 1.807) is 12.3 Å². The number of phenolic OH excluding ortho intramolecular Hbond substituents is 1. The maximum absolute atomic E-state index is 9.35. The zero-order valence-corrected chi connectivity index (χ0v) is 45.0. The van der Waals surface area contributed by atoms with Crippen LogP contribution < -0.4 is 19.9 Å². The Morgan fingerprint density at radius 3 is 1.30 bits per heavy atom. The summed E-state index contributed by atoms with van der Waals surface area (Å²) in [5, 5.41) is 17.8. The van der Waals surface area contributed by atoms with E-state index in [-0.39, 0.29) is 6.61 Å². The highest BCUT2D eigenvalue weighted by atomic mass is 79.9. The number of ether oxygens (including phenoxy) is 3. The van der Waals surface area contributed by atoms with Gasteiger partial charge in [0, 0.05) is 85.5 Å². The highest BCUT2D eigenvalue weighted by Crippen LogP contribution is 2.40. The van der Waals surface area contributed by atoms with Gasteiger partial charge in [-0.05, 0) is 167 Å². The summed E-state index contributed by atoms with van der Waals surface area (Å²) >= 11 is 6.52. The van der Waals surface area contributed by atoms with Crippen molar-refractivity contribution in [1.29, 1.82) is 5.26 Å². The number of nitrogens with two attached hydrogens (primary N) is 1. The van der Waals surface area contributed by atoms with Crippen LogP contribution in [0.1, 0.15) is 50.6 Å². The average molecular weight is 1140 g/mol. The van der Waals surface area contributed by atoms with E-state index in [9.17, 15) is 5.11 Å². The Morgan fingerprint density at radius 1 is 0.455 bits per heavy atom. The average Bonchev–Trinajstić information content (AvgIpc) is 4.25. The molecule has 4 aliphatic carbocycles. The number of halogens is 2. The fourth-order valence-electron chi connectivity index (χ4n) is 9.61. The number of phenols is 1. The van der Waals surface area contributed by atoms with Crippen LogP contribution in [-0.2, 0) is 32.3 Å². The van der Waals surface area contributed by atoms with Crippen LogP contribution in [0.15, 0.2) is 204 Å². The number of aromatic nitrogens is 5. The normalized spacial score (nSPS) is 11.6. The second-order valence-electron chi connectivity index (χ2n) is 18.1. The van der Waals surface area contributed by atoms with Crippen LogP contribution in [0.2, 0.25) is 0 Å². The lowest BCUT2D eigenvalue weighted by Crippen LogP contribution is -2.10. The summed E-state index contributed by atoms with van der Waals surface area (Å²) in [6.45, 7) is 1.79. The topological polar surface area (TPSA) is 162 Å². The summed E-state index contributed by atoms with van der Waals surface area (Å²) in [5.74, 6) is 2.89. The van der Waals surface area contributed by atoms with E-state index < -0.39 is 0 Å². The minimum Gasteiger partial charge on any atom is -0.508 e. The van der Waals surface area contributed by atoms with Gasteiger partial charge in [-0.15, -0.1) is 0 Å². The van der Waals surface area contributed by atoms with E-state index in [4.69, 9.17) is 25.2 Å². The summed E-state index contributed by atoms with van der Waals surface area (Å²) in [4.78, 5) is 21.5. The first-order valence-electron chi connectivity index (χ1n) is 25.0. The van der Waals surface area contributed by atoms with Crippen LogP contribution in [0.5, 0.6) is 23.0 Å². The zero-order valence-electron chi connectivity index (χ0n) is 41.8. The summed E-state index contributed by atoms with van der Waals surface area (Å²) in [6.07, 6.45) is 12.5. The number of fused-ring (bicyclic) bond motifs is 12. The lowest BCUT2D eigenvalue weighted by Gasteiger charge is -2.08. The molecule has 0 aliphatic heterocycles. The fraction of sp³-hybridized carbons (Fsp3) is 0.125. The van der Waals surface area contributed by atoms with Crippen molar-refractivity contribution >= 4 is 31.9 Å². The van der Waals surface area contributed by atoms with Crippen molar-refractivity contribution in [2.45, 2.75) is 32.3 Å². The Kier molecular flexibility index (Phi) is 16.8. The first-order chi connectivity index (χ1) is 37.8. The molecule has 4 aliphatic rings. The second kappa shape index (κ2) is 24.9. The molecule has 10 aromatic rings. The summed E-state index contributed by atoms with van der Waals surface area (Å²) in [6, 6.07) is 56.2. The maximum atomic E-state index is 9.35. The van der Waals surface area contributed by atoms with Gasteiger partial charge in [-0.25, -0.2) is 4.98 Å². The van der Waals surface area contributed by atoms with E-state index >= 15 is 0 Å². The Labute approximate surface area is 464 Å². The molecule has 77 heavy (non-hydrogen) atoms. The molecule has 14 rings (SSSR count). The van der Waals surface area contributed by atoms with Crippen LogP contribution >= 0.6 is 31.9 Å². The Balaban J connectivity index is 0.000000112. The summed E-state index contributed by atoms with van der Waals surface area (Å²) in [5.41, 5.74) is 26.0. The summed E-state index contributed by atoms with van der Waals surface area (Å²) in [7, 11) is 0. The van der Waals surface area contributed by atoms with Gasteiger partial charge in [0.05, 0.1) is 27.2 Å². The molecule has 0 bridgehead atoms. The van der Waals surface area contributed by atoms with Crippen molar-refractivity contribution in [1.82, 2.24) is 24.9 Å². The lowest BCUT2D eigenvalue weighted by molar-refractivity contribution is 0.306. The molecule has 13 heteroatoms. The van der Waals surface area contributed by atoms with Crippen molar-refractivity contribution in [2.24, 2.45) is 5.73 Å². The van der Waals surface area contributed by atoms with Crippen LogP contribution in [-0.4, -0.2) is 49.8 Å². The van der Waals surface area contributed by atoms with Gasteiger partial charge in [0.1, 0.15) is 46.9 Å². The minimum atomic E-state index is 0.0873. The molecule has 380 valence electrons.